The van der Waals surface area contributed by atoms with E-state index in [1.54, 1.807) is 11.3 Å². The van der Waals surface area contributed by atoms with E-state index in [2.05, 4.69) is 26.6 Å². The van der Waals surface area contributed by atoms with Gasteiger partial charge in [-0.3, -0.25) is 9.58 Å². The lowest BCUT2D eigenvalue weighted by atomic mass is 9.93. The number of piperidine rings is 1. The third-order valence-electron chi connectivity index (χ3n) is 3.90. The van der Waals surface area contributed by atoms with Gasteiger partial charge in [0.05, 0.1) is 11.2 Å². The van der Waals surface area contributed by atoms with E-state index in [9.17, 15) is 0 Å². The first-order valence-corrected chi connectivity index (χ1v) is 7.91. The van der Waals surface area contributed by atoms with Crippen molar-refractivity contribution in [2.45, 2.75) is 32.4 Å². The van der Waals surface area contributed by atoms with Gasteiger partial charge in [0, 0.05) is 30.9 Å². The molecule has 0 bridgehead atoms. The quantitative estimate of drug-likeness (QED) is 0.842. The Morgan fingerprint density at radius 2 is 2.21 bits per heavy atom. The topological polar surface area (TPSA) is 34.0 Å². The van der Waals surface area contributed by atoms with Crippen LogP contribution in [0.2, 0.25) is 0 Å². The fourth-order valence-electron chi connectivity index (χ4n) is 2.73. The molecule has 1 aliphatic heterocycles. The minimum Gasteiger partial charge on any atom is -0.297 e. The third-order valence-corrected chi connectivity index (χ3v) is 4.54. The maximum atomic E-state index is 4.36. The summed E-state index contributed by atoms with van der Waals surface area (Å²) in [6, 6.07) is 2.00. The molecule has 0 aromatic carbocycles. The van der Waals surface area contributed by atoms with Crippen LogP contribution in [0.5, 0.6) is 0 Å². The highest BCUT2D eigenvalue weighted by molar-refractivity contribution is 7.07. The molecule has 1 aliphatic rings. The van der Waals surface area contributed by atoms with Gasteiger partial charge in [0.15, 0.2) is 0 Å². The summed E-state index contributed by atoms with van der Waals surface area (Å²) in [4.78, 5) is 6.89. The SMILES string of the molecule is c1cnn(CCC2CCN(Cc3cscn3)CC2)c1. The molecule has 0 amide bonds. The van der Waals surface area contributed by atoms with Crippen LogP contribution in [0.25, 0.3) is 0 Å². The van der Waals surface area contributed by atoms with E-state index < -0.39 is 0 Å². The second kappa shape index (κ2) is 6.30. The van der Waals surface area contributed by atoms with Gasteiger partial charge < -0.3 is 0 Å². The molecule has 1 saturated heterocycles. The normalized spacial score (nSPS) is 17.9. The Balaban J connectivity index is 1.39. The first-order valence-electron chi connectivity index (χ1n) is 6.97. The maximum absolute atomic E-state index is 4.36. The summed E-state index contributed by atoms with van der Waals surface area (Å²) < 4.78 is 2.04. The van der Waals surface area contributed by atoms with Crippen molar-refractivity contribution in [2.24, 2.45) is 5.92 Å². The molecule has 4 nitrogen and oxygen atoms in total. The average molecular weight is 276 g/mol. The van der Waals surface area contributed by atoms with E-state index >= 15 is 0 Å². The van der Waals surface area contributed by atoms with Crippen molar-refractivity contribution >= 4 is 11.3 Å². The number of rotatable bonds is 5. The first kappa shape index (κ1) is 12.8. The van der Waals surface area contributed by atoms with Crippen molar-refractivity contribution in [3.05, 3.63) is 35.0 Å². The van der Waals surface area contributed by atoms with Crippen LogP contribution in [-0.4, -0.2) is 32.8 Å². The zero-order valence-corrected chi connectivity index (χ0v) is 11.9. The summed E-state index contributed by atoms with van der Waals surface area (Å²) in [6.07, 6.45) is 7.79. The Morgan fingerprint density at radius 1 is 1.32 bits per heavy atom. The number of thiazole rings is 1. The second-order valence-electron chi connectivity index (χ2n) is 5.26. The summed E-state index contributed by atoms with van der Waals surface area (Å²) in [6.45, 7) is 4.50. The minimum absolute atomic E-state index is 0.857. The molecule has 0 saturated carbocycles. The van der Waals surface area contributed by atoms with E-state index in [1.807, 2.05) is 22.5 Å². The molecule has 0 spiro atoms. The summed E-state index contributed by atoms with van der Waals surface area (Å²) in [7, 11) is 0. The summed E-state index contributed by atoms with van der Waals surface area (Å²) >= 11 is 1.69. The zero-order valence-electron chi connectivity index (χ0n) is 11.1. The molecule has 5 heteroatoms. The highest BCUT2D eigenvalue weighted by Crippen LogP contribution is 2.22. The van der Waals surface area contributed by atoms with Gasteiger partial charge in [0.1, 0.15) is 0 Å². The number of hydrogen-bond acceptors (Lipinski definition) is 4. The van der Waals surface area contributed by atoms with E-state index in [0.717, 1.165) is 19.0 Å². The first-order chi connectivity index (χ1) is 9.40. The number of aryl methyl sites for hydroxylation is 1. The molecule has 0 radical (unpaired) electrons. The highest BCUT2D eigenvalue weighted by atomic mass is 32.1. The molecule has 3 rings (SSSR count). The molecule has 0 aliphatic carbocycles. The molecule has 0 atom stereocenters. The van der Waals surface area contributed by atoms with E-state index in [0.29, 0.717) is 0 Å². The van der Waals surface area contributed by atoms with E-state index in [-0.39, 0.29) is 0 Å². The van der Waals surface area contributed by atoms with Gasteiger partial charge in [0.25, 0.3) is 0 Å². The average Bonchev–Trinajstić information content (AvgIpc) is 3.11. The fraction of sp³-hybridized carbons (Fsp3) is 0.571. The van der Waals surface area contributed by atoms with Crippen molar-refractivity contribution in [2.75, 3.05) is 13.1 Å². The molecular formula is C14H20N4S. The standard InChI is InChI=1S/C14H20N4S/c1-5-16-18(6-1)9-4-13-2-7-17(8-3-13)10-14-11-19-12-15-14/h1,5-6,11-13H,2-4,7-10H2. The number of likely N-dealkylation sites (tertiary alicyclic amines) is 1. The predicted octanol–water partition coefficient (Wildman–Crippen LogP) is 2.64. The summed E-state index contributed by atoms with van der Waals surface area (Å²) in [5.41, 5.74) is 3.14. The second-order valence-corrected chi connectivity index (χ2v) is 5.98. The van der Waals surface area contributed by atoms with Crippen LogP contribution in [0.4, 0.5) is 0 Å². The highest BCUT2D eigenvalue weighted by Gasteiger charge is 2.19. The largest absolute Gasteiger partial charge is 0.297 e. The van der Waals surface area contributed by atoms with Crippen LogP contribution in [0, 0.1) is 5.92 Å². The van der Waals surface area contributed by atoms with Gasteiger partial charge in [-0.2, -0.15) is 5.10 Å². The van der Waals surface area contributed by atoms with Gasteiger partial charge in [-0.1, -0.05) is 0 Å². The minimum atomic E-state index is 0.857. The number of aromatic nitrogens is 3. The van der Waals surface area contributed by atoms with Crippen molar-refractivity contribution < 1.29 is 0 Å². The van der Waals surface area contributed by atoms with Crippen LogP contribution >= 0.6 is 11.3 Å². The summed E-state index contributed by atoms with van der Waals surface area (Å²) in [5, 5.41) is 6.42. The predicted molar refractivity (Wildman–Crippen MR) is 77.0 cm³/mol. The van der Waals surface area contributed by atoms with Gasteiger partial charge in [0.2, 0.25) is 0 Å². The van der Waals surface area contributed by atoms with Gasteiger partial charge in [-0.15, -0.1) is 11.3 Å². The number of hydrogen-bond donors (Lipinski definition) is 0. The Hall–Kier alpha value is -1.20. The lowest BCUT2D eigenvalue weighted by Gasteiger charge is -2.31. The molecule has 3 heterocycles. The van der Waals surface area contributed by atoms with Crippen LogP contribution < -0.4 is 0 Å². The van der Waals surface area contributed by atoms with Gasteiger partial charge in [-0.25, -0.2) is 4.98 Å². The van der Waals surface area contributed by atoms with Crippen molar-refractivity contribution in [3.8, 4) is 0 Å². The molecule has 2 aromatic heterocycles. The van der Waals surface area contributed by atoms with Crippen LogP contribution in [0.15, 0.2) is 29.4 Å². The molecule has 0 unspecified atom stereocenters. The van der Waals surface area contributed by atoms with Gasteiger partial charge in [-0.05, 0) is 44.3 Å². The van der Waals surface area contributed by atoms with Crippen molar-refractivity contribution in [3.63, 3.8) is 0 Å². The van der Waals surface area contributed by atoms with Crippen molar-refractivity contribution in [1.82, 2.24) is 19.7 Å². The molecule has 102 valence electrons. The Morgan fingerprint density at radius 3 is 2.89 bits per heavy atom. The molecular weight excluding hydrogens is 256 g/mol. The lowest BCUT2D eigenvalue weighted by Crippen LogP contribution is -2.33. The Kier molecular flexibility index (Phi) is 4.25. The van der Waals surface area contributed by atoms with Crippen molar-refractivity contribution in [1.29, 1.82) is 0 Å². The summed E-state index contributed by atoms with van der Waals surface area (Å²) in [5.74, 6) is 0.857. The lowest BCUT2D eigenvalue weighted by molar-refractivity contribution is 0.167. The number of nitrogens with zero attached hydrogens (tertiary/aromatic N) is 4. The smallest absolute Gasteiger partial charge is 0.0795 e. The fourth-order valence-corrected chi connectivity index (χ4v) is 3.28. The molecule has 0 N–H and O–H groups in total. The molecule has 19 heavy (non-hydrogen) atoms. The Labute approximate surface area is 118 Å². The van der Waals surface area contributed by atoms with Crippen LogP contribution in [0.1, 0.15) is 25.0 Å². The zero-order chi connectivity index (χ0) is 12.9. The van der Waals surface area contributed by atoms with E-state index in [1.165, 1.54) is 38.0 Å². The monoisotopic (exact) mass is 276 g/mol. The molecule has 1 fully saturated rings. The third kappa shape index (κ3) is 3.64. The molecule has 2 aromatic rings. The maximum Gasteiger partial charge on any atom is 0.0795 e. The van der Waals surface area contributed by atoms with E-state index in [4.69, 9.17) is 0 Å². The Bertz CT molecular complexity index is 458. The van der Waals surface area contributed by atoms with Crippen LogP contribution in [-0.2, 0) is 13.1 Å². The van der Waals surface area contributed by atoms with Gasteiger partial charge >= 0.3 is 0 Å². The van der Waals surface area contributed by atoms with Crippen LogP contribution in [0.3, 0.4) is 0 Å².